The van der Waals surface area contributed by atoms with Crippen LogP contribution in [0, 0.1) is 5.82 Å². The van der Waals surface area contributed by atoms with Gasteiger partial charge in [0.1, 0.15) is 5.82 Å². The van der Waals surface area contributed by atoms with Crippen LogP contribution in [0.1, 0.15) is 41.6 Å². The second-order valence-corrected chi connectivity index (χ2v) is 7.19. The number of ketones is 1. The van der Waals surface area contributed by atoms with Gasteiger partial charge in [-0.25, -0.2) is 9.87 Å². The highest BCUT2D eigenvalue weighted by atomic mass is 35.5. The molecule has 9 heteroatoms. The standard InChI is InChI=1S/C18H19ClFN3O4/c1-18(2,3)27-22-17(26)15(24)14-7-10(9-23(14)4)16(25)21-11-5-6-13(20)12(19)8-11/h5-9H,1-4H3,(H,21,25)(H,22,26). The Morgan fingerprint density at radius 3 is 2.44 bits per heavy atom. The molecule has 0 unspecified atom stereocenters. The van der Waals surface area contributed by atoms with Gasteiger partial charge in [-0.2, -0.15) is 0 Å². The molecule has 0 atom stereocenters. The predicted octanol–water partition coefficient (Wildman–Crippen LogP) is 3.10. The molecule has 144 valence electrons. The van der Waals surface area contributed by atoms with Gasteiger partial charge >= 0.3 is 5.91 Å². The van der Waals surface area contributed by atoms with E-state index in [4.69, 9.17) is 16.4 Å². The van der Waals surface area contributed by atoms with Crippen LogP contribution in [0.15, 0.2) is 30.5 Å². The number of hydrogen-bond acceptors (Lipinski definition) is 4. The predicted molar refractivity (Wildman–Crippen MR) is 98.1 cm³/mol. The van der Waals surface area contributed by atoms with Crippen LogP contribution in [0.2, 0.25) is 5.02 Å². The number of amides is 2. The lowest BCUT2D eigenvalue weighted by atomic mass is 10.2. The van der Waals surface area contributed by atoms with Gasteiger partial charge in [-0.3, -0.25) is 19.2 Å². The van der Waals surface area contributed by atoms with Gasteiger partial charge in [0.25, 0.3) is 11.7 Å². The summed E-state index contributed by atoms with van der Waals surface area (Å²) in [5.41, 5.74) is 1.87. The molecule has 0 aliphatic heterocycles. The average molecular weight is 396 g/mol. The third-order valence-electron chi connectivity index (χ3n) is 3.33. The maximum absolute atomic E-state index is 13.2. The lowest BCUT2D eigenvalue weighted by Crippen LogP contribution is -2.38. The van der Waals surface area contributed by atoms with Crippen molar-refractivity contribution < 1.29 is 23.6 Å². The minimum Gasteiger partial charge on any atom is -0.347 e. The molecular formula is C18H19ClFN3O4. The number of rotatable bonds is 5. The second-order valence-electron chi connectivity index (χ2n) is 6.78. The maximum atomic E-state index is 13.2. The molecule has 0 aliphatic rings. The first-order valence-corrected chi connectivity index (χ1v) is 8.31. The number of Topliss-reactive ketones (excluding diaryl/α,β-unsaturated/α-hetero) is 1. The maximum Gasteiger partial charge on any atom is 0.317 e. The van der Waals surface area contributed by atoms with Gasteiger partial charge in [0.15, 0.2) is 0 Å². The Labute approximate surface area is 160 Å². The fourth-order valence-corrected chi connectivity index (χ4v) is 2.23. The zero-order valence-electron chi connectivity index (χ0n) is 15.2. The molecule has 7 nitrogen and oxygen atoms in total. The van der Waals surface area contributed by atoms with Crippen molar-refractivity contribution in [3.8, 4) is 0 Å². The number of hydrogen-bond donors (Lipinski definition) is 2. The Morgan fingerprint density at radius 1 is 1.19 bits per heavy atom. The number of hydroxylamine groups is 1. The van der Waals surface area contributed by atoms with E-state index in [1.807, 2.05) is 0 Å². The Morgan fingerprint density at radius 2 is 1.85 bits per heavy atom. The van der Waals surface area contributed by atoms with E-state index in [2.05, 4.69) is 10.8 Å². The minimum atomic E-state index is -0.955. The molecule has 0 saturated heterocycles. The molecule has 2 aromatic rings. The molecule has 0 bridgehead atoms. The van der Waals surface area contributed by atoms with Gasteiger partial charge in [-0.1, -0.05) is 11.6 Å². The zero-order chi connectivity index (χ0) is 20.4. The SMILES string of the molecule is Cn1cc(C(=O)Nc2ccc(F)c(Cl)c2)cc1C(=O)C(=O)NOC(C)(C)C. The molecule has 0 aliphatic carbocycles. The number of anilines is 1. The monoisotopic (exact) mass is 395 g/mol. The van der Waals surface area contributed by atoms with Crippen LogP contribution in [-0.4, -0.2) is 27.8 Å². The Hall–Kier alpha value is -2.71. The molecule has 2 amide bonds. The van der Waals surface area contributed by atoms with Gasteiger partial charge in [-0.05, 0) is 45.0 Å². The first-order chi connectivity index (χ1) is 12.5. The van der Waals surface area contributed by atoms with Crippen molar-refractivity contribution >= 4 is 34.9 Å². The summed E-state index contributed by atoms with van der Waals surface area (Å²) < 4.78 is 14.5. The van der Waals surface area contributed by atoms with Gasteiger partial charge in [0, 0.05) is 18.9 Å². The van der Waals surface area contributed by atoms with Gasteiger partial charge in [0.2, 0.25) is 0 Å². The van der Waals surface area contributed by atoms with Crippen LogP contribution >= 0.6 is 11.6 Å². The molecule has 0 fully saturated rings. The van der Waals surface area contributed by atoms with E-state index in [-0.39, 0.29) is 16.3 Å². The van der Waals surface area contributed by atoms with Crippen molar-refractivity contribution in [1.82, 2.24) is 10.0 Å². The number of nitrogens with one attached hydrogen (secondary N) is 2. The summed E-state index contributed by atoms with van der Waals surface area (Å²) in [6.07, 6.45) is 1.39. The van der Waals surface area contributed by atoms with Gasteiger partial charge in [0.05, 0.1) is 21.9 Å². The molecule has 0 radical (unpaired) electrons. The minimum absolute atomic E-state index is 0.00676. The molecule has 1 aromatic heterocycles. The lowest BCUT2D eigenvalue weighted by molar-refractivity contribution is -0.140. The summed E-state index contributed by atoms with van der Waals surface area (Å²) in [4.78, 5) is 41.6. The average Bonchev–Trinajstić information content (AvgIpc) is 2.96. The van der Waals surface area contributed by atoms with Crippen molar-refractivity contribution in [1.29, 1.82) is 0 Å². The number of halogens is 2. The number of aromatic nitrogens is 1. The Bertz CT molecular complexity index is 902. The van der Waals surface area contributed by atoms with Crippen LogP contribution in [-0.2, 0) is 16.7 Å². The molecule has 27 heavy (non-hydrogen) atoms. The molecule has 1 aromatic carbocycles. The number of carbonyl (C=O) groups is 3. The van der Waals surface area contributed by atoms with Crippen LogP contribution in [0.3, 0.4) is 0 Å². The first-order valence-electron chi connectivity index (χ1n) is 7.93. The van der Waals surface area contributed by atoms with E-state index in [1.165, 1.54) is 36.0 Å². The van der Waals surface area contributed by atoms with Crippen LogP contribution < -0.4 is 10.8 Å². The van der Waals surface area contributed by atoms with Crippen molar-refractivity contribution in [3.05, 3.63) is 52.6 Å². The van der Waals surface area contributed by atoms with E-state index in [9.17, 15) is 18.8 Å². The summed E-state index contributed by atoms with van der Waals surface area (Å²) in [6, 6.07) is 5.02. The summed E-state index contributed by atoms with van der Waals surface area (Å²) >= 11 is 5.68. The fourth-order valence-electron chi connectivity index (χ4n) is 2.05. The molecular weight excluding hydrogens is 377 g/mol. The third-order valence-corrected chi connectivity index (χ3v) is 3.62. The number of carbonyl (C=O) groups excluding carboxylic acids is 3. The van der Waals surface area contributed by atoms with Crippen LogP contribution in [0.4, 0.5) is 10.1 Å². The van der Waals surface area contributed by atoms with Crippen molar-refractivity contribution in [2.24, 2.45) is 7.05 Å². The van der Waals surface area contributed by atoms with E-state index in [1.54, 1.807) is 20.8 Å². The lowest BCUT2D eigenvalue weighted by Gasteiger charge is -2.18. The normalized spacial score (nSPS) is 11.2. The summed E-state index contributed by atoms with van der Waals surface area (Å²) in [5, 5.41) is 2.41. The van der Waals surface area contributed by atoms with E-state index in [0.29, 0.717) is 5.69 Å². The summed E-state index contributed by atoms with van der Waals surface area (Å²) in [6.45, 7) is 5.14. The highest BCUT2D eigenvalue weighted by Gasteiger charge is 2.24. The molecule has 0 spiro atoms. The summed E-state index contributed by atoms with van der Waals surface area (Å²) in [7, 11) is 1.52. The van der Waals surface area contributed by atoms with Crippen LogP contribution in [0.5, 0.6) is 0 Å². The van der Waals surface area contributed by atoms with Crippen LogP contribution in [0.25, 0.3) is 0 Å². The topological polar surface area (TPSA) is 89.4 Å². The van der Waals surface area contributed by atoms with Crippen molar-refractivity contribution in [3.63, 3.8) is 0 Å². The number of aryl methyl sites for hydroxylation is 1. The fraction of sp³-hybridized carbons (Fsp3) is 0.278. The number of benzene rings is 1. The molecule has 1 heterocycles. The second kappa shape index (κ2) is 7.89. The highest BCUT2D eigenvalue weighted by molar-refractivity contribution is 6.42. The first kappa shape index (κ1) is 20.6. The van der Waals surface area contributed by atoms with Crippen molar-refractivity contribution in [2.45, 2.75) is 26.4 Å². The van der Waals surface area contributed by atoms with E-state index < -0.39 is 29.0 Å². The molecule has 0 saturated carbocycles. The Balaban J connectivity index is 2.12. The number of nitrogens with zero attached hydrogens (tertiary/aromatic N) is 1. The van der Waals surface area contributed by atoms with E-state index in [0.717, 1.165) is 6.07 Å². The Kier molecular flexibility index (Phi) is 6.02. The quantitative estimate of drug-likeness (QED) is 0.462. The highest BCUT2D eigenvalue weighted by Crippen LogP contribution is 2.20. The molecule has 2 N–H and O–H groups in total. The van der Waals surface area contributed by atoms with Crippen molar-refractivity contribution in [2.75, 3.05) is 5.32 Å². The van der Waals surface area contributed by atoms with Gasteiger partial charge < -0.3 is 9.88 Å². The van der Waals surface area contributed by atoms with Gasteiger partial charge in [-0.15, -0.1) is 0 Å². The summed E-state index contributed by atoms with van der Waals surface area (Å²) in [5.74, 6) is -2.96. The third kappa shape index (κ3) is 5.38. The largest absolute Gasteiger partial charge is 0.347 e. The van der Waals surface area contributed by atoms with E-state index >= 15 is 0 Å². The zero-order valence-corrected chi connectivity index (χ0v) is 16.0. The molecule has 2 rings (SSSR count). The smallest absolute Gasteiger partial charge is 0.317 e.